The van der Waals surface area contributed by atoms with Gasteiger partial charge in [-0.15, -0.1) is 0 Å². The summed E-state index contributed by atoms with van der Waals surface area (Å²) in [4.78, 5) is 13.7. The first kappa shape index (κ1) is 14.4. The maximum Gasteiger partial charge on any atom is 0.321 e. The van der Waals surface area contributed by atoms with E-state index in [1.165, 1.54) is 12.8 Å². The number of aliphatic carboxylic acids is 1. The summed E-state index contributed by atoms with van der Waals surface area (Å²) in [7, 11) is 0. The minimum absolute atomic E-state index is 0.322. The molecule has 1 saturated heterocycles. The third-order valence-electron chi connectivity index (χ3n) is 4.61. The standard InChI is InChI=1S/C15H17BrClNO2/c16-12-6-9(4-5-13(12)17)7-18-8-10-2-1-3-11(10)14(18)15(19)20/h4-6,10-11,14H,1-3,7-8H2,(H,19,20). The van der Waals surface area contributed by atoms with Crippen LogP contribution in [-0.4, -0.2) is 28.6 Å². The van der Waals surface area contributed by atoms with Crippen LogP contribution in [0.2, 0.25) is 5.02 Å². The minimum Gasteiger partial charge on any atom is -0.480 e. The molecule has 3 nitrogen and oxygen atoms in total. The maximum atomic E-state index is 11.6. The van der Waals surface area contributed by atoms with Crippen LogP contribution in [0, 0.1) is 11.8 Å². The van der Waals surface area contributed by atoms with Gasteiger partial charge in [0.25, 0.3) is 0 Å². The van der Waals surface area contributed by atoms with Crippen molar-refractivity contribution in [3.05, 3.63) is 33.3 Å². The van der Waals surface area contributed by atoms with Crippen molar-refractivity contribution in [1.82, 2.24) is 4.90 Å². The van der Waals surface area contributed by atoms with Gasteiger partial charge in [-0.25, -0.2) is 0 Å². The summed E-state index contributed by atoms with van der Waals surface area (Å²) in [6, 6.07) is 5.49. The Kier molecular flexibility index (Phi) is 4.07. The summed E-state index contributed by atoms with van der Waals surface area (Å²) in [5.41, 5.74) is 1.10. The first-order chi connectivity index (χ1) is 9.56. The molecule has 3 rings (SSSR count). The number of carbonyl (C=O) groups is 1. The van der Waals surface area contributed by atoms with E-state index < -0.39 is 5.97 Å². The average molecular weight is 359 g/mol. The van der Waals surface area contributed by atoms with Crippen LogP contribution in [0.25, 0.3) is 0 Å². The van der Waals surface area contributed by atoms with E-state index >= 15 is 0 Å². The van der Waals surface area contributed by atoms with E-state index in [1.807, 2.05) is 18.2 Å². The van der Waals surface area contributed by atoms with Crippen LogP contribution in [0.5, 0.6) is 0 Å². The quantitative estimate of drug-likeness (QED) is 0.894. The van der Waals surface area contributed by atoms with Gasteiger partial charge in [-0.05, 0) is 58.3 Å². The number of hydrogen-bond acceptors (Lipinski definition) is 2. The highest BCUT2D eigenvalue weighted by molar-refractivity contribution is 9.10. The molecule has 1 N–H and O–H groups in total. The van der Waals surface area contributed by atoms with Gasteiger partial charge in [-0.3, -0.25) is 9.69 Å². The van der Waals surface area contributed by atoms with Crippen molar-refractivity contribution >= 4 is 33.5 Å². The Morgan fingerprint density at radius 3 is 2.95 bits per heavy atom. The fraction of sp³-hybridized carbons (Fsp3) is 0.533. The van der Waals surface area contributed by atoms with Crippen LogP contribution >= 0.6 is 27.5 Å². The lowest BCUT2D eigenvalue weighted by atomic mass is 9.94. The fourth-order valence-electron chi connectivity index (χ4n) is 3.77. The summed E-state index contributed by atoms with van der Waals surface area (Å²) in [5.74, 6) is 0.225. The fourth-order valence-corrected chi connectivity index (χ4v) is 4.31. The number of fused-ring (bicyclic) bond motifs is 1. The first-order valence-corrected chi connectivity index (χ1v) is 8.14. The lowest BCUT2D eigenvalue weighted by Crippen LogP contribution is -2.39. The number of benzene rings is 1. The molecule has 0 bridgehead atoms. The Morgan fingerprint density at radius 2 is 2.25 bits per heavy atom. The zero-order valence-electron chi connectivity index (χ0n) is 11.1. The van der Waals surface area contributed by atoms with Gasteiger partial charge >= 0.3 is 5.97 Å². The molecule has 1 saturated carbocycles. The molecule has 108 valence electrons. The van der Waals surface area contributed by atoms with Gasteiger partial charge in [0.05, 0.1) is 5.02 Å². The van der Waals surface area contributed by atoms with Gasteiger partial charge in [0, 0.05) is 17.6 Å². The molecule has 3 atom stereocenters. The van der Waals surface area contributed by atoms with Gasteiger partial charge in [0.1, 0.15) is 6.04 Å². The topological polar surface area (TPSA) is 40.5 Å². The molecule has 0 spiro atoms. The number of likely N-dealkylation sites (tertiary alicyclic amines) is 1. The number of nitrogens with zero attached hydrogens (tertiary/aromatic N) is 1. The van der Waals surface area contributed by atoms with Crippen molar-refractivity contribution in [2.45, 2.75) is 31.8 Å². The van der Waals surface area contributed by atoms with Gasteiger partial charge in [-0.1, -0.05) is 24.1 Å². The largest absolute Gasteiger partial charge is 0.480 e. The summed E-state index contributed by atoms with van der Waals surface area (Å²) in [5, 5.41) is 10.2. The van der Waals surface area contributed by atoms with Gasteiger partial charge in [0.15, 0.2) is 0 Å². The van der Waals surface area contributed by atoms with Crippen molar-refractivity contribution in [3.8, 4) is 0 Å². The molecule has 2 aliphatic rings. The van der Waals surface area contributed by atoms with Crippen molar-refractivity contribution in [2.75, 3.05) is 6.54 Å². The summed E-state index contributed by atoms with van der Waals surface area (Å²) < 4.78 is 0.864. The number of halogens is 2. The third-order valence-corrected chi connectivity index (χ3v) is 5.82. The normalized spacial score (nSPS) is 29.6. The van der Waals surface area contributed by atoms with Crippen LogP contribution in [0.15, 0.2) is 22.7 Å². The molecule has 0 aromatic heterocycles. The zero-order chi connectivity index (χ0) is 14.3. The highest BCUT2D eigenvalue weighted by Gasteiger charge is 2.47. The van der Waals surface area contributed by atoms with E-state index in [1.54, 1.807) is 0 Å². The van der Waals surface area contributed by atoms with Crippen LogP contribution in [0.3, 0.4) is 0 Å². The summed E-state index contributed by atoms with van der Waals surface area (Å²) >= 11 is 9.42. The molecule has 0 radical (unpaired) electrons. The van der Waals surface area contributed by atoms with Crippen LogP contribution < -0.4 is 0 Å². The third kappa shape index (κ3) is 2.61. The molecule has 20 heavy (non-hydrogen) atoms. The highest BCUT2D eigenvalue weighted by Crippen LogP contribution is 2.42. The van der Waals surface area contributed by atoms with E-state index in [4.69, 9.17) is 11.6 Å². The van der Waals surface area contributed by atoms with E-state index in [2.05, 4.69) is 20.8 Å². The van der Waals surface area contributed by atoms with Gasteiger partial charge < -0.3 is 5.11 Å². The van der Waals surface area contributed by atoms with Crippen LogP contribution in [0.4, 0.5) is 0 Å². The Labute approximate surface area is 132 Å². The molecule has 1 aliphatic carbocycles. The predicted octanol–water partition coefficient (Wildman–Crippen LogP) is 3.79. The molecule has 2 fully saturated rings. The number of hydrogen-bond donors (Lipinski definition) is 1. The van der Waals surface area contributed by atoms with Gasteiger partial charge in [-0.2, -0.15) is 0 Å². The maximum absolute atomic E-state index is 11.6. The van der Waals surface area contributed by atoms with E-state index in [9.17, 15) is 9.90 Å². The van der Waals surface area contributed by atoms with Crippen molar-refractivity contribution in [3.63, 3.8) is 0 Å². The van der Waals surface area contributed by atoms with Crippen LogP contribution in [-0.2, 0) is 11.3 Å². The molecular formula is C15H17BrClNO2. The lowest BCUT2D eigenvalue weighted by molar-refractivity contribution is -0.143. The average Bonchev–Trinajstić information content (AvgIpc) is 2.93. The van der Waals surface area contributed by atoms with Gasteiger partial charge in [0.2, 0.25) is 0 Å². The molecule has 0 amide bonds. The molecule has 1 aliphatic heterocycles. The number of rotatable bonds is 3. The smallest absolute Gasteiger partial charge is 0.321 e. The second-order valence-corrected chi connectivity index (χ2v) is 7.08. The molecular weight excluding hydrogens is 342 g/mol. The molecule has 5 heteroatoms. The second kappa shape index (κ2) is 5.66. The SMILES string of the molecule is O=C(O)C1C2CCCC2CN1Cc1ccc(Cl)c(Br)c1. The van der Waals surface area contributed by atoms with E-state index in [-0.39, 0.29) is 6.04 Å². The molecule has 3 unspecified atom stereocenters. The first-order valence-electron chi connectivity index (χ1n) is 6.97. The second-order valence-electron chi connectivity index (χ2n) is 5.82. The van der Waals surface area contributed by atoms with Crippen LogP contribution in [0.1, 0.15) is 24.8 Å². The number of carboxylic acids is 1. The molecule has 1 aromatic rings. The lowest BCUT2D eigenvalue weighted by Gasteiger charge is -2.24. The number of carboxylic acid groups (broad SMARTS) is 1. The van der Waals surface area contributed by atoms with Crippen molar-refractivity contribution in [1.29, 1.82) is 0 Å². The summed E-state index contributed by atoms with van der Waals surface area (Å²) in [6.45, 7) is 1.58. The Bertz CT molecular complexity index is 537. The monoisotopic (exact) mass is 357 g/mol. The van der Waals surface area contributed by atoms with Crippen molar-refractivity contribution in [2.24, 2.45) is 11.8 Å². The molecule has 1 aromatic carbocycles. The Hall–Kier alpha value is -0.580. The zero-order valence-corrected chi connectivity index (χ0v) is 13.4. The highest BCUT2D eigenvalue weighted by atomic mass is 79.9. The van der Waals surface area contributed by atoms with E-state index in [0.717, 1.165) is 23.0 Å². The van der Waals surface area contributed by atoms with Crippen molar-refractivity contribution < 1.29 is 9.90 Å². The Balaban J connectivity index is 1.79. The minimum atomic E-state index is -0.674. The van der Waals surface area contributed by atoms with E-state index in [0.29, 0.717) is 23.4 Å². The summed E-state index contributed by atoms with van der Waals surface area (Å²) in [6.07, 6.45) is 3.41. The Morgan fingerprint density at radius 1 is 1.45 bits per heavy atom. The predicted molar refractivity (Wildman–Crippen MR) is 81.8 cm³/mol. The molecule has 1 heterocycles.